The van der Waals surface area contributed by atoms with Crippen LogP contribution in [0.4, 0.5) is 5.69 Å². The van der Waals surface area contributed by atoms with Crippen molar-refractivity contribution in [2.45, 2.75) is 6.42 Å². The number of halogens is 2. The Balaban J connectivity index is 2.24. The molecule has 8 heteroatoms. The fourth-order valence-electron chi connectivity index (χ4n) is 2.23. The zero-order valence-electron chi connectivity index (χ0n) is 10.7. The van der Waals surface area contributed by atoms with Crippen molar-refractivity contribution in [2.24, 2.45) is 5.92 Å². The molecular formula is C12H13Cl2NO4S. The predicted octanol–water partition coefficient (Wildman–Crippen LogP) is 2.27. The molecule has 1 amide bonds. The molecule has 0 radical (unpaired) electrons. The third-order valence-electron chi connectivity index (χ3n) is 3.08. The highest BCUT2D eigenvalue weighted by molar-refractivity contribution is 8.13. The van der Waals surface area contributed by atoms with Crippen molar-refractivity contribution in [3.8, 4) is 5.75 Å². The summed E-state index contributed by atoms with van der Waals surface area (Å²) < 4.78 is 27.3. The van der Waals surface area contributed by atoms with E-state index in [-0.39, 0.29) is 30.5 Å². The topological polar surface area (TPSA) is 63.7 Å². The average Bonchev–Trinajstić information content (AvgIpc) is 2.68. The number of carbonyl (C=O) groups excluding carboxylic acids is 1. The van der Waals surface area contributed by atoms with Gasteiger partial charge in [-0.3, -0.25) is 4.79 Å². The van der Waals surface area contributed by atoms with E-state index in [1.807, 2.05) is 0 Å². The monoisotopic (exact) mass is 337 g/mol. The lowest BCUT2D eigenvalue weighted by molar-refractivity contribution is -0.117. The molecule has 1 aromatic rings. The number of anilines is 1. The molecule has 1 heterocycles. The Bertz CT molecular complexity index is 632. The van der Waals surface area contributed by atoms with Crippen LogP contribution in [0.3, 0.4) is 0 Å². The molecule has 0 aliphatic carbocycles. The second kappa shape index (κ2) is 5.79. The molecule has 1 aromatic carbocycles. The molecule has 5 nitrogen and oxygen atoms in total. The van der Waals surface area contributed by atoms with E-state index in [4.69, 9.17) is 27.0 Å². The second-order valence-electron chi connectivity index (χ2n) is 4.60. The van der Waals surface area contributed by atoms with Gasteiger partial charge < -0.3 is 9.64 Å². The highest BCUT2D eigenvalue weighted by Gasteiger charge is 2.34. The van der Waals surface area contributed by atoms with Gasteiger partial charge in [-0.1, -0.05) is 11.6 Å². The van der Waals surface area contributed by atoms with Gasteiger partial charge in [-0.25, -0.2) is 8.42 Å². The van der Waals surface area contributed by atoms with Crippen molar-refractivity contribution >= 4 is 42.9 Å². The molecule has 110 valence electrons. The minimum Gasteiger partial charge on any atom is -0.497 e. The lowest BCUT2D eigenvalue weighted by atomic mass is 10.1. The minimum absolute atomic E-state index is 0.138. The number of methoxy groups -OCH3 is 1. The fourth-order valence-corrected chi connectivity index (χ4v) is 3.77. The Morgan fingerprint density at radius 2 is 2.15 bits per heavy atom. The van der Waals surface area contributed by atoms with Gasteiger partial charge in [-0.2, -0.15) is 0 Å². The van der Waals surface area contributed by atoms with E-state index in [0.717, 1.165) is 0 Å². The van der Waals surface area contributed by atoms with E-state index in [0.29, 0.717) is 16.5 Å². The summed E-state index contributed by atoms with van der Waals surface area (Å²) in [4.78, 5) is 13.5. The van der Waals surface area contributed by atoms with Crippen LogP contribution in [0.25, 0.3) is 0 Å². The molecule has 1 aliphatic heterocycles. The molecule has 0 spiro atoms. The summed E-state index contributed by atoms with van der Waals surface area (Å²) >= 11 is 6.09. The molecule has 20 heavy (non-hydrogen) atoms. The number of rotatable bonds is 4. The number of ether oxygens (including phenoxy) is 1. The van der Waals surface area contributed by atoms with Gasteiger partial charge in [0, 0.05) is 35.6 Å². The van der Waals surface area contributed by atoms with Crippen LogP contribution >= 0.6 is 22.3 Å². The SMILES string of the molecule is COc1ccc(Cl)c(N2CC(CS(=O)(=O)Cl)CC2=O)c1. The van der Waals surface area contributed by atoms with E-state index in [1.54, 1.807) is 18.2 Å². The Hall–Kier alpha value is -0.980. The third-order valence-corrected chi connectivity index (χ3v) is 4.65. The summed E-state index contributed by atoms with van der Waals surface area (Å²) in [6.45, 7) is 0.275. The molecule has 0 aromatic heterocycles. The van der Waals surface area contributed by atoms with Crippen molar-refractivity contribution in [3.63, 3.8) is 0 Å². The lowest BCUT2D eigenvalue weighted by Crippen LogP contribution is -2.25. The van der Waals surface area contributed by atoms with Crippen LogP contribution in [0, 0.1) is 5.92 Å². The molecule has 1 unspecified atom stereocenters. The minimum atomic E-state index is -3.62. The maximum Gasteiger partial charge on any atom is 0.232 e. The number of nitrogens with zero attached hydrogens (tertiary/aromatic N) is 1. The maximum absolute atomic E-state index is 12.0. The Kier molecular flexibility index (Phi) is 4.46. The van der Waals surface area contributed by atoms with Crippen LogP contribution in [0.2, 0.25) is 5.02 Å². The molecule has 1 fully saturated rings. The molecule has 1 atom stereocenters. The zero-order chi connectivity index (χ0) is 14.9. The van der Waals surface area contributed by atoms with Crippen molar-refractivity contribution in [1.29, 1.82) is 0 Å². The van der Waals surface area contributed by atoms with E-state index in [2.05, 4.69) is 0 Å². The zero-order valence-corrected chi connectivity index (χ0v) is 13.0. The summed E-state index contributed by atoms with van der Waals surface area (Å²) in [5, 5.41) is 0.411. The van der Waals surface area contributed by atoms with Gasteiger partial charge in [-0.05, 0) is 12.1 Å². The van der Waals surface area contributed by atoms with Gasteiger partial charge >= 0.3 is 0 Å². The smallest absolute Gasteiger partial charge is 0.232 e. The third kappa shape index (κ3) is 3.56. The van der Waals surface area contributed by atoms with Gasteiger partial charge in [-0.15, -0.1) is 0 Å². The van der Waals surface area contributed by atoms with Gasteiger partial charge in [0.2, 0.25) is 15.0 Å². The molecule has 0 bridgehead atoms. The highest BCUT2D eigenvalue weighted by atomic mass is 35.7. The fraction of sp³-hybridized carbons (Fsp3) is 0.417. The van der Waals surface area contributed by atoms with Gasteiger partial charge in [0.1, 0.15) is 5.75 Å². The number of hydrogen-bond donors (Lipinski definition) is 0. The van der Waals surface area contributed by atoms with E-state index in [1.165, 1.54) is 12.0 Å². The summed E-state index contributed by atoms with van der Waals surface area (Å²) in [5.41, 5.74) is 0.519. The molecule has 2 rings (SSSR count). The van der Waals surface area contributed by atoms with Crippen LogP contribution in [0.5, 0.6) is 5.75 Å². The first-order chi connectivity index (χ1) is 9.30. The first-order valence-corrected chi connectivity index (χ1v) is 8.72. The summed E-state index contributed by atoms with van der Waals surface area (Å²) in [6, 6.07) is 4.97. The maximum atomic E-state index is 12.0. The quantitative estimate of drug-likeness (QED) is 0.790. The van der Waals surface area contributed by atoms with Gasteiger partial charge in [0.05, 0.1) is 23.6 Å². The van der Waals surface area contributed by atoms with Gasteiger partial charge in [0.25, 0.3) is 0 Å². The van der Waals surface area contributed by atoms with Crippen LogP contribution < -0.4 is 9.64 Å². The predicted molar refractivity (Wildman–Crippen MR) is 78.1 cm³/mol. The normalized spacial score (nSPS) is 19.4. The molecule has 1 aliphatic rings. The molecule has 1 saturated heterocycles. The Morgan fingerprint density at radius 3 is 2.75 bits per heavy atom. The van der Waals surface area contributed by atoms with Crippen LogP contribution in [-0.2, 0) is 13.8 Å². The molecular weight excluding hydrogens is 325 g/mol. The van der Waals surface area contributed by atoms with Crippen LogP contribution in [0.1, 0.15) is 6.42 Å². The standard InChI is InChI=1S/C12H13Cl2NO4S/c1-19-9-2-3-10(13)11(5-9)15-6-8(4-12(15)16)7-20(14,17)18/h2-3,5,8H,4,6-7H2,1H3. The summed E-state index contributed by atoms with van der Waals surface area (Å²) in [5.74, 6) is -0.151. The van der Waals surface area contributed by atoms with Crippen molar-refractivity contribution in [2.75, 3.05) is 24.3 Å². The van der Waals surface area contributed by atoms with E-state index >= 15 is 0 Å². The summed E-state index contributed by atoms with van der Waals surface area (Å²) in [6.07, 6.45) is 0.138. The number of carbonyl (C=O) groups is 1. The number of benzene rings is 1. The van der Waals surface area contributed by atoms with Crippen LogP contribution in [-0.4, -0.2) is 33.7 Å². The first-order valence-electron chi connectivity index (χ1n) is 5.86. The van der Waals surface area contributed by atoms with E-state index in [9.17, 15) is 13.2 Å². The number of hydrogen-bond acceptors (Lipinski definition) is 4. The largest absolute Gasteiger partial charge is 0.497 e. The molecule has 0 saturated carbocycles. The highest BCUT2D eigenvalue weighted by Crippen LogP contribution is 2.34. The molecule has 0 N–H and O–H groups in total. The van der Waals surface area contributed by atoms with E-state index < -0.39 is 9.05 Å². The van der Waals surface area contributed by atoms with Crippen molar-refractivity contribution < 1.29 is 17.9 Å². The van der Waals surface area contributed by atoms with Crippen molar-refractivity contribution in [1.82, 2.24) is 0 Å². The lowest BCUT2D eigenvalue weighted by Gasteiger charge is -2.18. The Morgan fingerprint density at radius 1 is 1.45 bits per heavy atom. The average molecular weight is 338 g/mol. The Labute approximate surface area is 126 Å². The first kappa shape index (κ1) is 15.4. The summed E-state index contributed by atoms with van der Waals surface area (Å²) in [7, 11) is 3.12. The second-order valence-corrected chi connectivity index (χ2v) is 7.83. The van der Waals surface area contributed by atoms with Crippen molar-refractivity contribution in [3.05, 3.63) is 23.2 Å². The number of amides is 1. The van der Waals surface area contributed by atoms with Gasteiger partial charge in [0.15, 0.2) is 0 Å². The van der Waals surface area contributed by atoms with Crippen LogP contribution in [0.15, 0.2) is 18.2 Å².